The molecule has 2 aromatic rings. The van der Waals surface area contributed by atoms with Gasteiger partial charge in [-0.3, -0.25) is 9.59 Å². The lowest BCUT2D eigenvalue weighted by Crippen LogP contribution is -2.37. The van der Waals surface area contributed by atoms with Crippen molar-refractivity contribution in [2.45, 2.75) is 19.8 Å². The number of amides is 1. The fourth-order valence-electron chi connectivity index (χ4n) is 2.43. The van der Waals surface area contributed by atoms with Crippen LogP contribution in [0.2, 0.25) is 0 Å². The highest BCUT2D eigenvalue weighted by molar-refractivity contribution is 5.90. The lowest BCUT2D eigenvalue weighted by molar-refractivity contribution is -0.144. The molecule has 0 bridgehead atoms. The maximum absolute atomic E-state index is 12.4. The van der Waals surface area contributed by atoms with Crippen LogP contribution in [0.25, 0.3) is 10.9 Å². The van der Waals surface area contributed by atoms with E-state index in [1.807, 2.05) is 25.1 Å². The molecule has 0 spiro atoms. The van der Waals surface area contributed by atoms with Gasteiger partial charge in [0.25, 0.3) is 0 Å². The van der Waals surface area contributed by atoms with Gasteiger partial charge in [0.1, 0.15) is 12.3 Å². The van der Waals surface area contributed by atoms with Gasteiger partial charge in [-0.2, -0.15) is 0 Å². The molecule has 6 nitrogen and oxygen atoms in total. The van der Waals surface area contributed by atoms with Crippen LogP contribution in [0.4, 0.5) is 0 Å². The average molecular weight is 304 g/mol. The highest BCUT2D eigenvalue weighted by atomic mass is 16.5. The maximum atomic E-state index is 12.4. The highest BCUT2D eigenvalue weighted by Crippen LogP contribution is 2.24. The van der Waals surface area contributed by atoms with Gasteiger partial charge in [0.2, 0.25) is 5.91 Å². The molecule has 2 N–H and O–H groups in total. The second-order valence-electron chi connectivity index (χ2n) is 5.11. The summed E-state index contributed by atoms with van der Waals surface area (Å²) in [6.45, 7) is 2.09. The van der Waals surface area contributed by atoms with E-state index < -0.39 is 5.97 Å². The first-order valence-electron chi connectivity index (χ1n) is 7.18. The van der Waals surface area contributed by atoms with Crippen LogP contribution in [0.1, 0.15) is 18.9 Å². The van der Waals surface area contributed by atoms with Gasteiger partial charge in [-0.15, -0.1) is 0 Å². The predicted octanol–water partition coefficient (Wildman–Crippen LogP) is 2.04. The number of nitrogens with zero attached hydrogens (tertiary/aromatic N) is 1. The summed E-state index contributed by atoms with van der Waals surface area (Å²) in [4.78, 5) is 27.7. The van der Waals surface area contributed by atoms with E-state index in [1.165, 1.54) is 4.90 Å². The largest absolute Gasteiger partial charge is 0.497 e. The Morgan fingerprint density at radius 2 is 2.14 bits per heavy atom. The number of carbonyl (C=O) groups is 2. The number of methoxy groups -OCH3 is 1. The van der Waals surface area contributed by atoms with E-state index in [2.05, 4.69) is 4.98 Å². The van der Waals surface area contributed by atoms with E-state index in [9.17, 15) is 9.59 Å². The van der Waals surface area contributed by atoms with Crippen LogP contribution in [0, 0.1) is 0 Å². The minimum Gasteiger partial charge on any atom is -0.497 e. The number of fused-ring (bicyclic) bond motifs is 1. The zero-order chi connectivity index (χ0) is 16.1. The topological polar surface area (TPSA) is 82.6 Å². The molecule has 0 aliphatic carbocycles. The number of rotatable bonds is 7. The maximum Gasteiger partial charge on any atom is 0.323 e. The van der Waals surface area contributed by atoms with Crippen molar-refractivity contribution in [3.8, 4) is 5.75 Å². The van der Waals surface area contributed by atoms with Crippen molar-refractivity contribution in [1.82, 2.24) is 9.88 Å². The number of hydrogen-bond donors (Lipinski definition) is 2. The Balaban J connectivity index is 2.21. The Kier molecular flexibility index (Phi) is 5.04. The molecule has 0 unspecified atom stereocenters. The molecule has 1 heterocycles. The molecule has 22 heavy (non-hydrogen) atoms. The summed E-state index contributed by atoms with van der Waals surface area (Å²) in [5.41, 5.74) is 1.76. The third-order valence-electron chi connectivity index (χ3n) is 3.49. The standard InChI is InChI=1S/C16H20N2O4/c1-3-6-18(10-16(20)21)15(19)7-11-9-17-14-5-4-12(22-2)8-13(11)14/h4-5,8-9,17H,3,6-7,10H2,1-2H3,(H,20,21). The molecule has 0 radical (unpaired) electrons. The van der Waals surface area contributed by atoms with Crippen LogP contribution in [0.3, 0.4) is 0 Å². The Hall–Kier alpha value is -2.50. The normalized spacial score (nSPS) is 10.6. The number of benzene rings is 1. The number of carbonyl (C=O) groups excluding carboxylic acids is 1. The molecule has 1 aromatic carbocycles. The summed E-state index contributed by atoms with van der Waals surface area (Å²) in [6.07, 6.45) is 2.67. The van der Waals surface area contributed by atoms with Crippen LogP contribution in [0.15, 0.2) is 24.4 Å². The van der Waals surface area contributed by atoms with Gasteiger partial charge in [0.15, 0.2) is 0 Å². The third kappa shape index (κ3) is 3.58. The summed E-state index contributed by atoms with van der Waals surface area (Å²) in [7, 11) is 1.59. The first kappa shape index (κ1) is 15.9. The van der Waals surface area contributed by atoms with Crippen molar-refractivity contribution < 1.29 is 19.4 Å². The van der Waals surface area contributed by atoms with Gasteiger partial charge < -0.3 is 19.7 Å². The molecule has 0 aliphatic heterocycles. The van der Waals surface area contributed by atoms with Gasteiger partial charge >= 0.3 is 5.97 Å². The summed E-state index contributed by atoms with van der Waals surface area (Å²) in [5, 5.41) is 9.83. The van der Waals surface area contributed by atoms with E-state index in [-0.39, 0.29) is 18.9 Å². The SMILES string of the molecule is CCCN(CC(=O)O)C(=O)Cc1c[nH]c2ccc(OC)cc12. The van der Waals surface area contributed by atoms with Crippen LogP contribution in [-0.4, -0.2) is 47.1 Å². The van der Waals surface area contributed by atoms with Crippen molar-refractivity contribution in [1.29, 1.82) is 0 Å². The number of aromatic nitrogens is 1. The number of carboxylic acid groups (broad SMARTS) is 1. The second-order valence-corrected chi connectivity index (χ2v) is 5.11. The Bertz CT molecular complexity index is 678. The summed E-state index contributed by atoms with van der Waals surface area (Å²) in [6, 6.07) is 5.61. The lowest BCUT2D eigenvalue weighted by Gasteiger charge is -2.19. The number of H-pyrrole nitrogens is 1. The zero-order valence-electron chi connectivity index (χ0n) is 12.8. The fourth-order valence-corrected chi connectivity index (χ4v) is 2.43. The molecule has 0 atom stereocenters. The zero-order valence-corrected chi connectivity index (χ0v) is 12.8. The minimum atomic E-state index is -0.998. The van der Waals surface area contributed by atoms with Crippen molar-refractivity contribution in [2.24, 2.45) is 0 Å². The van der Waals surface area contributed by atoms with Crippen molar-refractivity contribution in [3.05, 3.63) is 30.0 Å². The van der Waals surface area contributed by atoms with Crippen LogP contribution >= 0.6 is 0 Å². The molecular formula is C16H20N2O4. The Labute approximate surface area is 128 Å². The van der Waals surface area contributed by atoms with Gasteiger partial charge in [0.05, 0.1) is 13.5 Å². The second kappa shape index (κ2) is 6.98. The van der Waals surface area contributed by atoms with E-state index in [4.69, 9.17) is 9.84 Å². The number of ether oxygens (including phenoxy) is 1. The number of aromatic amines is 1. The average Bonchev–Trinajstić information content (AvgIpc) is 2.88. The number of carboxylic acids is 1. The molecule has 0 saturated carbocycles. The van der Waals surface area contributed by atoms with Crippen molar-refractivity contribution in [2.75, 3.05) is 20.2 Å². The van der Waals surface area contributed by atoms with Crippen molar-refractivity contribution in [3.63, 3.8) is 0 Å². The molecule has 1 amide bonds. The Morgan fingerprint density at radius 3 is 2.77 bits per heavy atom. The van der Waals surface area contributed by atoms with Crippen molar-refractivity contribution >= 4 is 22.8 Å². The van der Waals surface area contributed by atoms with Gasteiger partial charge in [-0.25, -0.2) is 0 Å². The monoisotopic (exact) mass is 304 g/mol. The lowest BCUT2D eigenvalue weighted by atomic mass is 10.1. The smallest absolute Gasteiger partial charge is 0.323 e. The molecular weight excluding hydrogens is 284 g/mol. The molecule has 118 valence electrons. The van der Waals surface area contributed by atoms with E-state index in [0.29, 0.717) is 6.54 Å². The van der Waals surface area contributed by atoms with E-state index in [0.717, 1.165) is 28.6 Å². The summed E-state index contributed by atoms with van der Waals surface area (Å²) >= 11 is 0. The molecule has 1 aromatic heterocycles. The first-order valence-corrected chi connectivity index (χ1v) is 7.18. The fraction of sp³-hybridized carbons (Fsp3) is 0.375. The van der Waals surface area contributed by atoms with E-state index in [1.54, 1.807) is 13.3 Å². The van der Waals surface area contributed by atoms with Crippen LogP contribution in [0.5, 0.6) is 5.75 Å². The number of nitrogens with one attached hydrogen (secondary N) is 1. The summed E-state index contributed by atoms with van der Waals surface area (Å²) in [5.74, 6) is -0.466. The predicted molar refractivity (Wildman–Crippen MR) is 83.1 cm³/mol. The minimum absolute atomic E-state index is 0.167. The van der Waals surface area contributed by atoms with Gasteiger partial charge in [-0.05, 0) is 30.2 Å². The molecule has 0 aliphatic rings. The number of hydrogen-bond acceptors (Lipinski definition) is 3. The molecule has 0 saturated heterocycles. The molecule has 6 heteroatoms. The third-order valence-corrected chi connectivity index (χ3v) is 3.49. The molecule has 2 rings (SSSR count). The van der Waals surface area contributed by atoms with Gasteiger partial charge in [0, 0.05) is 23.6 Å². The van der Waals surface area contributed by atoms with E-state index >= 15 is 0 Å². The van der Waals surface area contributed by atoms with Crippen LogP contribution < -0.4 is 4.74 Å². The molecule has 0 fully saturated rings. The quantitative estimate of drug-likeness (QED) is 0.820. The first-order chi connectivity index (χ1) is 10.5. The Morgan fingerprint density at radius 1 is 1.36 bits per heavy atom. The van der Waals surface area contributed by atoms with Crippen LogP contribution in [-0.2, 0) is 16.0 Å². The van der Waals surface area contributed by atoms with Gasteiger partial charge in [-0.1, -0.05) is 6.92 Å². The highest BCUT2D eigenvalue weighted by Gasteiger charge is 2.18. The summed E-state index contributed by atoms with van der Waals surface area (Å²) < 4.78 is 5.20. The number of aliphatic carboxylic acids is 1.